The Morgan fingerprint density at radius 1 is 1.27 bits per heavy atom. The van der Waals surface area contributed by atoms with Gasteiger partial charge in [0.15, 0.2) is 0 Å². The van der Waals surface area contributed by atoms with E-state index in [1.807, 2.05) is 0 Å². The molecular weight excluding hydrogens is 144 g/mol. The van der Waals surface area contributed by atoms with Crippen LogP contribution < -0.4 is 5.56 Å². The summed E-state index contributed by atoms with van der Waals surface area (Å²) >= 11 is 0. The standard InChI is InChI=1S/C7H6N2O2/c10-4-1-2-6-5(3-4)7(11)9-8-6/h1-3,10H,(H2,8,9,11). The maximum absolute atomic E-state index is 10.9. The molecule has 0 unspecified atom stereocenters. The molecule has 4 nitrogen and oxygen atoms in total. The topological polar surface area (TPSA) is 68.9 Å². The van der Waals surface area contributed by atoms with Gasteiger partial charge in [-0.3, -0.25) is 15.0 Å². The van der Waals surface area contributed by atoms with Crippen molar-refractivity contribution in [3.63, 3.8) is 0 Å². The molecule has 11 heavy (non-hydrogen) atoms. The van der Waals surface area contributed by atoms with Crippen LogP contribution in [0.25, 0.3) is 10.9 Å². The van der Waals surface area contributed by atoms with E-state index in [-0.39, 0.29) is 11.3 Å². The van der Waals surface area contributed by atoms with Gasteiger partial charge in [0.1, 0.15) is 5.75 Å². The van der Waals surface area contributed by atoms with Gasteiger partial charge in [-0.25, -0.2) is 0 Å². The van der Waals surface area contributed by atoms with Crippen LogP contribution in [0.15, 0.2) is 23.0 Å². The van der Waals surface area contributed by atoms with Gasteiger partial charge in [-0.2, -0.15) is 0 Å². The van der Waals surface area contributed by atoms with E-state index < -0.39 is 0 Å². The van der Waals surface area contributed by atoms with Crippen LogP contribution in [0.2, 0.25) is 0 Å². The summed E-state index contributed by atoms with van der Waals surface area (Å²) in [5.41, 5.74) is 0.490. The highest BCUT2D eigenvalue weighted by molar-refractivity contribution is 5.78. The first-order valence-electron chi connectivity index (χ1n) is 3.17. The van der Waals surface area contributed by atoms with Crippen LogP contribution in [0.3, 0.4) is 0 Å². The fourth-order valence-corrected chi connectivity index (χ4v) is 1.02. The molecule has 0 aliphatic heterocycles. The number of hydrogen-bond donors (Lipinski definition) is 3. The highest BCUT2D eigenvalue weighted by Gasteiger charge is 1.99. The van der Waals surface area contributed by atoms with Gasteiger partial charge in [0.2, 0.25) is 0 Å². The summed E-state index contributed by atoms with van der Waals surface area (Å²) in [6.07, 6.45) is 0. The minimum Gasteiger partial charge on any atom is -0.508 e. The van der Waals surface area contributed by atoms with Crippen molar-refractivity contribution in [2.24, 2.45) is 0 Å². The average Bonchev–Trinajstić information content (AvgIpc) is 2.33. The second kappa shape index (κ2) is 1.88. The minimum atomic E-state index is -0.212. The van der Waals surface area contributed by atoms with E-state index in [0.29, 0.717) is 10.9 Å². The Balaban J connectivity index is 2.99. The van der Waals surface area contributed by atoms with Gasteiger partial charge in [-0.05, 0) is 18.2 Å². The third kappa shape index (κ3) is 0.797. The monoisotopic (exact) mass is 150 g/mol. The lowest BCUT2D eigenvalue weighted by Crippen LogP contribution is -1.96. The lowest BCUT2D eigenvalue weighted by atomic mass is 10.2. The van der Waals surface area contributed by atoms with Crippen LogP contribution >= 0.6 is 0 Å². The minimum absolute atomic E-state index is 0.0996. The van der Waals surface area contributed by atoms with Crippen LogP contribution in [0.4, 0.5) is 0 Å². The molecule has 0 atom stereocenters. The molecule has 2 rings (SSSR count). The number of aromatic amines is 2. The third-order valence-electron chi connectivity index (χ3n) is 1.56. The normalized spacial score (nSPS) is 10.5. The molecular formula is C7H6N2O2. The Morgan fingerprint density at radius 3 is 2.91 bits per heavy atom. The van der Waals surface area contributed by atoms with E-state index in [4.69, 9.17) is 5.11 Å². The maximum Gasteiger partial charge on any atom is 0.271 e. The molecule has 0 saturated carbocycles. The second-order valence-corrected chi connectivity index (χ2v) is 2.31. The summed E-state index contributed by atoms with van der Waals surface area (Å²) < 4.78 is 0. The molecule has 0 fully saturated rings. The van der Waals surface area contributed by atoms with Crippen LogP contribution in [-0.4, -0.2) is 15.3 Å². The molecule has 0 aliphatic carbocycles. The predicted molar refractivity (Wildman–Crippen MR) is 40.6 cm³/mol. The van der Waals surface area contributed by atoms with Gasteiger partial charge in [0, 0.05) is 0 Å². The quantitative estimate of drug-likeness (QED) is 0.513. The Morgan fingerprint density at radius 2 is 2.09 bits per heavy atom. The number of hydrogen-bond acceptors (Lipinski definition) is 2. The second-order valence-electron chi connectivity index (χ2n) is 2.31. The molecule has 0 amide bonds. The molecule has 0 aliphatic rings. The average molecular weight is 150 g/mol. The Hall–Kier alpha value is -1.71. The number of benzene rings is 1. The van der Waals surface area contributed by atoms with Gasteiger partial charge in [0.25, 0.3) is 5.56 Å². The molecule has 1 aromatic heterocycles. The fraction of sp³-hybridized carbons (Fsp3) is 0. The predicted octanol–water partition coefficient (Wildman–Crippen LogP) is 0.562. The molecule has 0 spiro atoms. The summed E-state index contributed by atoms with van der Waals surface area (Å²) in [6, 6.07) is 4.58. The maximum atomic E-state index is 10.9. The summed E-state index contributed by atoms with van der Waals surface area (Å²) in [5, 5.41) is 14.6. The fourth-order valence-electron chi connectivity index (χ4n) is 1.02. The lowest BCUT2D eigenvalue weighted by Gasteiger charge is -1.88. The van der Waals surface area contributed by atoms with Crippen molar-refractivity contribution in [3.8, 4) is 5.75 Å². The first-order valence-corrected chi connectivity index (χ1v) is 3.17. The zero-order valence-corrected chi connectivity index (χ0v) is 5.59. The summed E-state index contributed by atoms with van der Waals surface area (Å²) in [7, 11) is 0. The number of aromatic hydroxyl groups is 1. The molecule has 4 heteroatoms. The highest BCUT2D eigenvalue weighted by Crippen LogP contribution is 2.13. The first-order chi connectivity index (χ1) is 5.27. The van der Waals surface area contributed by atoms with Crippen LogP contribution in [0.1, 0.15) is 0 Å². The largest absolute Gasteiger partial charge is 0.508 e. The van der Waals surface area contributed by atoms with Gasteiger partial charge < -0.3 is 5.11 Å². The molecule has 2 aromatic rings. The SMILES string of the molecule is O=c1[nH][nH]c2ccc(O)cc12. The van der Waals surface area contributed by atoms with Crippen LogP contribution in [0, 0.1) is 0 Å². The van der Waals surface area contributed by atoms with Crippen molar-refractivity contribution < 1.29 is 5.11 Å². The van der Waals surface area contributed by atoms with E-state index in [1.165, 1.54) is 12.1 Å². The van der Waals surface area contributed by atoms with Gasteiger partial charge in [-0.1, -0.05) is 0 Å². The smallest absolute Gasteiger partial charge is 0.271 e. The van der Waals surface area contributed by atoms with Crippen molar-refractivity contribution in [1.29, 1.82) is 0 Å². The molecule has 56 valence electrons. The molecule has 3 N–H and O–H groups in total. The Kier molecular flexibility index (Phi) is 1.03. The van der Waals surface area contributed by atoms with Crippen LogP contribution in [0.5, 0.6) is 5.75 Å². The number of fused-ring (bicyclic) bond motifs is 1. The number of phenols is 1. The van der Waals surface area contributed by atoms with E-state index in [2.05, 4.69) is 10.2 Å². The van der Waals surface area contributed by atoms with E-state index in [0.717, 1.165) is 0 Å². The zero-order chi connectivity index (χ0) is 7.84. The van der Waals surface area contributed by atoms with E-state index >= 15 is 0 Å². The number of nitrogens with one attached hydrogen (secondary N) is 2. The van der Waals surface area contributed by atoms with Crippen molar-refractivity contribution in [2.45, 2.75) is 0 Å². The molecule has 0 radical (unpaired) electrons. The van der Waals surface area contributed by atoms with Crippen molar-refractivity contribution >= 4 is 10.9 Å². The van der Waals surface area contributed by atoms with Gasteiger partial charge in [0.05, 0.1) is 10.9 Å². The van der Waals surface area contributed by atoms with E-state index in [9.17, 15) is 4.79 Å². The van der Waals surface area contributed by atoms with Crippen molar-refractivity contribution in [3.05, 3.63) is 28.6 Å². The number of rotatable bonds is 0. The lowest BCUT2D eigenvalue weighted by molar-refractivity contribution is 0.476. The summed E-state index contributed by atoms with van der Waals surface area (Å²) in [5.74, 6) is 0.0996. The Bertz CT molecular complexity index is 441. The number of aromatic nitrogens is 2. The zero-order valence-electron chi connectivity index (χ0n) is 5.59. The Labute approximate surface area is 61.5 Å². The summed E-state index contributed by atoms with van der Waals surface area (Å²) in [6.45, 7) is 0. The molecule has 0 bridgehead atoms. The van der Waals surface area contributed by atoms with Crippen LogP contribution in [-0.2, 0) is 0 Å². The van der Waals surface area contributed by atoms with Gasteiger partial charge >= 0.3 is 0 Å². The molecule has 1 aromatic carbocycles. The number of phenolic OH excluding ortho intramolecular Hbond substituents is 1. The molecule has 0 saturated heterocycles. The van der Waals surface area contributed by atoms with Crippen molar-refractivity contribution in [2.75, 3.05) is 0 Å². The molecule has 1 heterocycles. The van der Waals surface area contributed by atoms with Crippen molar-refractivity contribution in [1.82, 2.24) is 10.2 Å². The van der Waals surface area contributed by atoms with E-state index in [1.54, 1.807) is 6.07 Å². The highest BCUT2D eigenvalue weighted by atomic mass is 16.3. The third-order valence-corrected chi connectivity index (χ3v) is 1.56. The summed E-state index contributed by atoms with van der Waals surface area (Å²) in [4.78, 5) is 10.9. The first kappa shape index (κ1) is 6.03. The number of H-pyrrole nitrogens is 2. The van der Waals surface area contributed by atoms with Gasteiger partial charge in [-0.15, -0.1) is 0 Å².